The summed E-state index contributed by atoms with van der Waals surface area (Å²) in [6.45, 7) is 22.9. The molecule has 33 heteroatoms. The third-order valence-corrected chi connectivity index (χ3v) is 26.1. The summed E-state index contributed by atoms with van der Waals surface area (Å²) in [5.41, 5.74) is 12.1. The second-order valence-electron chi connectivity index (χ2n) is 34.4. The van der Waals surface area contributed by atoms with Gasteiger partial charge in [-0.2, -0.15) is 14.7 Å². The first-order valence-electron chi connectivity index (χ1n) is 45.5. The molecule has 0 spiro atoms. The Bertz CT molecular complexity index is 6870. The van der Waals surface area contributed by atoms with E-state index >= 15 is 0 Å². The van der Waals surface area contributed by atoms with E-state index in [0.717, 1.165) is 207 Å². The van der Waals surface area contributed by atoms with Gasteiger partial charge in [0.2, 0.25) is 5.88 Å². The molecule has 2 unspecified atom stereocenters. The number of aryl methyl sites for hydroxylation is 3. The summed E-state index contributed by atoms with van der Waals surface area (Å²) in [5.74, 6) is 4.59. The largest absolute Gasteiger partial charge is 0.476 e. The molecule has 6 atom stereocenters. The number of likely N-dealkylation sites (tertiary alicyclic amines) is 1. The number of morpholine rings is 2. The van der Waals surface area contributed by atoms with Gasteiger partial charge in [0.05, 0.1) is 135 Å². The molecule has 4 aromatic carbocycles. The Morgan fingerprint density at radius 1 is 0.504 bits per heavy atom. The van der Waals surface area contributed by atoms with E-state index in [4.69, 9.17) is 73.7 Å². The molecule has 5 aliphatic rings. The van der Waals surface area contributed by atoms with E-state index < -0.39 is 0 Å². The number of hydrogen-bond acceptors (Lipinski definition) is 27. The van der Waals surface area contributed by atoms with Crippen LogP contribution in [0.3, 0.4) is 0 Å². The summed E-state index contributed by atoms with van der Waals surface area (Å²) in [6, 6.07) is 42.8. The van der Waals surface area contributed by atoms with Crippen molar-refractivity contribution in [2.75, 3.05) is 107 Å². The fraction of sp³-hybridized carbons (Fsp3) is 0.350. The average molecular weight is 1850 g/mol. The lowest BCUT2D eigenvalue weighted by Gasteiger charge is -2.34. The predicted octanol–water partition coefficient (Wildman–Crippen LogP) is 18.5. The van der Waals surface area contributed by atoms with Crippen molar-refractivity contribution in [1.29, 1.82) is 0 Å². The van der Waals surface area contributed by atoms with E-state index in [1.807, 2.05) is 154 Å². The molecule has 4 N–H and O–H groups in total. The van der Waals surface area contributed by atoms with Crippen LogP contribution in [0.15, 0.2) is 189 Å². The van der Waals surface area contributed by atoms with Crippen LogP contribution in [0.5, 0.6) is 5.88 Å². The number of anilines is 4. The first-order chi connectivity index (χ1) is 64.9. The highest BCUT2D eigenvalue weighted by molar-refractivity contribution is 6.37. The summed E-state index contributed by atoms with van der Waals surface area (Å²) in [6.07, 6.45) is 23.3. The van der Waals surface area contributed by atoms with E-state index in [9.17, 15) is 9.59 Å². The fourth-order valence-corrected chi connectivity index (χ4v) is 18.9. The number of ether oxygens (including phenoxy) is 4. The smallest absolute Gasteiger partial charge is 0.273 e. The first kappa shape index (κ1) is 90.7. The number of pyridine rings is 6. The number of fused-ring (bicyclic) bond motifs is 9. The number of carbonyl (C=O) groups excluding carboxylic acids is 2. The Kier molecular flexibility index (Phi) is 28.4. The Morgan fingerprint density at radius 2 is 1.06 bits per heavy atom. The van der Waals surface area contributed by atoms with Crippen molar-refractivity contribution >= 4 is 141 Å². The standard InChI is InChI=1S/C28H30N8O.C25H24ClN5O2.C24H23ClN6O2.C23H28ClN5O/c1-19(33-27-26-23(30-18-31-27)9-6-10-29-26)24-15-20-7-5-8-22(21-16-32-35(2)17-21)25(20)28(34-24)37-14-13-36-11-3-4-12-36;1-15(30-25-23-19(28-14-29-25)6-3-9-27-23)20-13-17-4-2-5-18(26)22(17)24(31-20)21(32)12-16-7-10-33-11-8-16;1-14(28-21-7-9-26-20-8-10-27-31(20)21)19-11-15-3-2-4-18(25)22(15)23(29-19)24(32)30-16-5-6-17(30)13-33-12-16;1-15-14-25-17(3)27-23(15)26-16(2)21-13-18-5-4-6-19(24)22(18)20(28-21)7-8-29-9-11-30-12-10-29/h5-10,15-19H,3-4,11-14H2,1-2H3,(H,30,31,33);2-6,9,13-16H,7-8,10-12H2,1H3,(H,28,29,30);2-4,7-11,14,16-17,28H,5-6,12-13H2,1H3;4-6,13-14,16H,7-12H2,1-3H3,(H,25,26,27)/t19-;15-;14-,16?,17?;16-/m0000/s1. The molecule has 0 radical (unpaired) electrons. The third kappa shape index (κ3) is 20.9. The van der Waals surface area contributed by atoms with Crippen molar-refractivity contribution < 1.29 is 28.5 Å². The van der Waals surface area contributed by atoms with Crippen molar-refractivity contribution in [3.05, 3.63) is 256 Å². The minimum Gasteiger partial charge on any atom is -0.476 e. The molecule has 5 fully saturated rings. The molecule has 12 aromatic heterocycles. The molecule has 5 aliphatic heterocycles. The number of halogens is 3. The number of carbonyl (C=O) groups is 2. The van der Waals surface area contributed by atoms with Crippen LogP contribution >= 0.6 is 34.8 Å². The Morgan fingerprint density at radius 3 is 1.69 bits per heavy atom. The highest BCUT2D eigenvalue weighted by Gasteiger charge is 2.42. The van der Waals surface area contributed by atoms with Gasteiger partial charge >= 0.3 is 0 Å². The second-order valence-corrected chi connectivity index (χ2v) is 35.6. The van der Waals surface area contributed by atoms with Gasteiger partial charge in [-0.1, -0.05) is 89.4 Å². The molecule has 0 aliphatic carbocycles. The van der Waals surface area contributed by atoms with Crippen LogP contribution in [-0.4, -0.2) is 208 Å². The number of Topliss-reactive ketones (excluding diaryl/α,β-unsaturated/α-hetero) is 1. The lowest BCUT2D eigenvalue weighted by Crippen LogP contribution is -2.49. The maximum atomic E-state index is 13.8. The first-order valence-corrected chi connectivity index (χ1v) is 46.6. The normalized spacial score (nSPS) is 16.8. The van der Waals surface area contributed by atoms with Crippen LogP contribution in [0.4, 0.5) is 23.3 Å². The summed E-state index contributed by atoms with van der Waals surface area (Å²) >= 11 is 19.7. The number of aromatic nitrogens is 17. The van der Waals surface area contributed by atoms with Gasteiger partial charge in [0.1, 0.15) is 59.1 Å². The SMILES string of the molecule is C[C@H](Nc1ccnc2ccnn12)c1cc2cccc(Cl)c2c(C(=O)N2C3CCC2COC3)n1.C[C@H](Nc1ncnc2cccnc12)c1cc2cccc(-c3cnn(C)c3)c2c(OCCN2CCCC2)n1.C[C@H](Nc1ncnc2cccnc12)c1cc2cccc(Cl)c2c(C(=O)CC2CCOCC2)n1.Cc1ncc(C)c(N[C@@H](C)c2cc3cccc(Cl)c3c(CCN3CCOCC3)n2)n1. The second kappa shape index (κ2) is 41.6. The maximum Gasteiger partial charge on any atom is 0.273 e. The molecule has 16 aromatic rings. The Hall–Kier alpha value is -12.8. The summed E-state index contributed by atoms with van der Waals surface area (Å²) in [4.78, 5) is 93.2. The number of benzene rings is 4. The lowest BCUT2D eigenvalue weighted by molar-refractivity contribution is -0.00736. The van der Waals surface area contributed by atoms with E-state index in [1.165, 1.54) is 19.2 Å². The van der Waals surface area contributed by atoms with Crippen molar-refractivity contribution in [3.8, 4) is 17.0 Å². The lowest BCUT2D eigenvalue weighted by atomic mass is 9.92. The van der Waals surface area contributed by atoms with Crippen molar-refractivity contribution in [2.45, 2.75) is 129 Å². The molecule has 2 bridgehead atoms. The van der Waals surface area contributed by atoms with Crippen LogP contribution in [-0.2, 0) is 27.7 Å². The topological polar surface area (TPSA) is 332 Å². The molecule has 682 valence electrons. The zero-order valence-electron chi connectivity index (χ0n) is 75.3. The van der Waals surface area contributed by atoms with Gasteiger partial charge in [-0.25, -0.2) is 49.8 Å². The zero-order chi connectivity index (χ0) is 91.6. The third-order valence-electron chi connectivity index (χ3n) is 25.2. The Balaban J connectivity index is 0.000000119. The summed E-state index contributed by atoms with van der Waals surface area (Å²) in [5, 5.41) is 31.8. The molecular weight excluding hydrogens is 1740 g/mol. The van der Waals surface area contributed by atoms with Crippen LogP contribution in [0.1, 0.15) is 158 Å². The quantitative estimate of drug-likeness (QED) is 0.0408. The van der Waals surface area contributed by atoms with Gasteiger partial charge in [-0.15, -0.1) is 0 Å². The van der Waals surface area contributed by atoms with Crippen molar-refractivity contribution in [3.63, 3.8) is 0 Å². The van der Waals surface area contributed by atoms with Crippen LogP contribution < -0.4 is 26.0 Å². The zero-order valence-corrected chi connectivity index (χ0v) is 77.6. The maximum absolute atomic E-state index is 13.8. The van der Waals surface area contributed by atoms with Crippen LogP contribution in [0.2, 0.25) is 15.1 Å². The minimum atomic E-state index is -0.219. The van der Waals surface area contributed by atoms with Crippen molar-refractivity contribution in [1.82, 2.24) is 98.9 Å². The minimum absolute atomic E-state index is 0.00326. The van der Waals surface area contributed by atoms with Crippen LogP contribution in [0, 0.1) is 19.8 Å². The molecule has 1 amide bonds. The van der Waals surface area contributed by atoms with Crippen LogP contribution in [0.25, 0.3) is 81.9 Å². The van der Waals surface area contributed by atoms with E-state index in [-0.39, 0.29) is 47.9 Å². The summed E-state index contributed by atoms with van der Waals surface area (Å²) < 4.78 is 26.6. The number of nitrogens with one attached hydrogen (secondary N) is 4. The monoisotopic (exact) mass is 1840 g/mol. The van der Waals surface area contributed by atoms with Gasteiger partial charge in [0.15, 0.2) is 23.1 Å². The molecule has 5 saturated heterocycles. The van der Waals surface area contributed by atoms with E-state index in [0.29, 0.717) is 101 Å². The molecular formula is C100H105Cl3N24O6. The molecule has 21 rings (SSSR count). The van der Waals surface area contributed by atoms with Gasteiger partial charge < -0.3 is 45.1 Å². The predicted molar refractivity (Wildman–Crippen MR) is 520 cm³/mol. The van der Waals surface area contributed by atoms with E-state index in [2.05, 4.69) is 136 Å². The highest BCUT2D eigenvalue weighted by atomic mass is 35.5. The number of hydrogen-bond donors (Lipinski definition) is 4. The van der Waals surface area contributed by atoms with Gasteiger partial charge in [0, 0.05) is 124 Å². The Labute approximate surface area is 784 Å². The molecule has 133 heavy (non-hydrogen) atoms. The fourth-order valence-electron chi connectivity index (χ4n) is 18.1. The molecule has 0 saturated carbocycles. The molecule has 17 heterocycles. The average Bonchev–Trinajstić information content (AvgIpc) is 1.76. The van der Waals surface area contributed by atoms with Gasteiger partial charge in [-0.3, -0.25) is 39.0 Å². The number of nitrogens with zero attached hydrogens (tertiary/aromatic N) is 20. The summed E-state index contributed by atoms with van der Waals surface area (Å²) in [7, 11) is 1.93. The number of ketones is 1. The number of amides is 1. The molecule has 30 nitrogen and oxygen atoms in total. The van der Waals surface area contributed by atoms with Crippen molar-refractivity contribution in [2.24, 2.45) is 13.0 Å². The van der Waals surface area contributed by atoms with E-state index in [1.54, 1.807) is 41.7 Å². The van der Waals surface area contributed by atoms with Gasteiger partial charge in [0.25, 0.3) is 5.91 Å². The highest BCUT2D eigenvalue weighted by Crippen LogP contribution is 2.41. The van der Waals surface area contributed by atoms with Gasteiger partial charge in [-0.05, 0) is 199 Å². The number of rotatable bonds is 24.